The van der Waals surface area contributed by atoms with Gasteiger partial charge in [-0.1, -0.05) is 6.92 Å². The Morgan fingerprint density at radius 2 is 1.41 bits per heavy atom. The van der Waals surface area contributed by atoms with Crippen molar-refractivity contribution in [2.45, 2.75) is 19.9 Å². The van der Waals surface area contributed by atoms with Gasteiger partial charge in [-0.2, -0.15) is 5.10 Å². The molecule has 0 unspecified atom stereocenters. The van der Waals surface area contributed by atoms with Crippen LogP contribution in [-0.4, -0.2) is 14.8 Å². The third-order valence-electron chi connectivity index (χ3n) is 3.31. The minimum Gasteiger partial charge on any atom is -0.245 e. The summed E-state index contributed by atoms with van der Waals surface area (Å²) in [5.74, 6) is 0.633. The van der Waals surface area contributed by atoms with Crippen molar-refractivity contribution in [1.29, 1.82) is 0 Å². The van der Waals surface area contributed by atoms with Crippen LogP contribution >= 0.6 is 0 Å². The van der Waals surface area contributed by atoms with Gasteiger partial charge in [0.25, 0.3) is 0 Å². The third-order valence-corrected chi connectivity index (χ3v) is 3.31. The van der Waals surface area contributed by atoms with Crippen molar-refractivity contribution in [1.82, 2.24) is 14.8 Å². The molecular formula is C17H15F2N3. The molecule has 0 fully saturated rings. The van der Waals surface area contributed by atoms with E-state index in [1.807, 2.05) is 6.92 Å². The number of hydrogen-bond donors (Lipinski definition) is 0. The van der Waals surface area contributed by atoms with Crippen LogP contribution in [0.15, 0.2) is 48.5 Å². The van der Waals surface area contributed by atoms with Crippen molar-refractivity contribution in [3.05, 3.63) is 60.2 Å². The molecule has 1 heterocycles. The average Bonchev–Trinajstić information content (AvgIpc) is 2.93. The lowest BCUT2D eigenvalue weighted by molar-refractivity contribution is 0.608. The van der Waals surface area contributed by atoms with E-state index < -0.39 is 0 Å². The zero-order valence-electron chi connectivity index (χ0n) is 12.1. The molecule has 0 saturated heterocycles. The second-order valence-corrected chi connectivity index (χ2v) is 5.00. The Hall–Kier alpha value is -2.56. The standard InChI is InChI=1S/C17H15F2N3/c1-2-11-22-17(13-5-9-15(19)10-6-13)20-16(21-22)12-3-7-14(18)8-4-12/h3-10H,2,11H2,1H3. The first-order valence-corrected chi connectivity index (χ1v) is 7.14. The number of benzene rings is 2. The fourth-order valence-electron chi connectivity index (χ4n) is 2.24. The van der Waals surface area contributed by atoms with Crippen LogP contribution in [0.5, 0.6) is 0 Å². The summed E-state index contributed by atoms with van der Waals surface area (Å²) in [6.07, 6.45) is 0.903. The van der Waals surface area contributed by atoms with Crippen molar-refractivity contribution in [3.63, 3.8) is 0 Å². The Morgan fingerprint density at radius 3 is 1.95 bits per heavy atom. The van der Waals surface area contributed by atoms with Crippen LogP contribution in [0.2, 0.25) is 0 Å². The van der Waals surface area contributed by atoms with Gasteiger partial charge in [-0.05, 0) is 55.0 Å². The summed E-state index contributed by atoms with van der Waals surface area (Å²) in [4.78, 5) is 4.54. The highest BCUT2D eigenvalue weighted by atomic mass is 19.1. The molecule has 5 heteroatoms. The second-order valence-electron chi connectivity index (χ2n) is 5.00. The summed E-state index contributed by atoms with van der Waals surface area (Å²) in [5.41, 5.74) is 1.55. The quantitative estimate of drug-likeness (QED) is 0.719. The monoisotopic (exact) mass is 299 g/mol. The van der Waals surface area contributed by atoms with Crippen molar-refractivity contribution in [3.8, 4) is 22.8 Å². The van der Waals surface area contributed by atoms with Gasteiger partial charge in [0, 0.05) is 17.7 Å². The molecule has 22 heavy (non-hydrogen) atoms. The molecule has 112 valence electrons. The van der Waals surface area contributed by atoms with Crippen molar-refractivity contribution >= 4 is 0 Å². The molecule has 0 radical (unpaired) electrons. The van der Waals surface area contributed by atoms with E-state index in [9.17, 15) is 8.78 Å². The van der Waals surface area contributed by atoms with Crippen LogP contribution in [0.1, 0.15) is 13.3 Å². The first kappa shape index (κ1) is 14.4. The largest absolute Gasteiger partial charge is 0.245 e. The summed E-state index contributed by atoms with van der Waals surface area (Å²) >= 11 is 0. The summed E-state index contributed by atoms with van der Waals surface area (Å²) < 4.78 is 27.9. The molecule has 3 rings (SSSR count). The molecule has 3 nitrogen and oxygen atoms in total. The van der Waals surface area contributed by atoms with Gasteiger partial charge in [0.05, 0.1) is 0 Å². The highest BCUT2D eigenvalue weighted by Gasteiger charge is 2.13. The van der Waals surface area contributed by atoms with Crippen molar-refractivity contribution in [2.24, 2.45) is 0 Å². The Labute approximate surface area is 127 Å². The van der Waals surface area contributed by atoms with E-state index >= 15 is 0 Å². The zero-order valence-corrected chi connectivity index (χ0v) is 12.1. The Balaban J connectivity index is 2.05. The van der Waals surface area contributed by atoms with Gasteiger partial charge in [0.2, 0.25) is 0 Å². The van der Waals surface area contributed by atoms with Gasteiger partial charge in [0.15, 0.2) is 11.6 Å². The molecular weight excluding hydrogens is 284 g/mol. The molecule has 0 bridgehead atoms. The van der Waals surface area contributed by atoms with E-state index in [1.165, 1.54) is 24.3 Å². The van der Waals surface area contributed by atoms with E-state index in [2.05, 4.69) is 10.1 Å². The number of aryl methyl sites for hydroxylation is 1. The number of halogens is 2. The molecule has 0 amide bonds. The smallest absolute Gasteiger partial charge is 0.181 e. The molecule has 0 N–H and O–H groups in total. The molecule has 0 spiro atoms. The maximum atomic E-state index is 13.1. The lowest BCUT2D eigenvalue weighted by Crippen LogP contribution is -2.01. The normalized spacial score (nSPS) is 10.9. The topological polar surface area (TPSA) is 30.7 Å². The molecule has 0 saturated carbocycles. The average molecular weight is 299 g/mol. The summed E-state index contributed by atoms with van der Waals surface area (Å²) in [6, 6.07) is 12.2. The first-order chi connectivity index (χ1) is 10.7. The minimum absolute atomic E-state index is 0.288. The van der Waals surface area contributed by atoms with Gasteiger partial charge in [-0.25, -0.2) is 18.4 Å². The third kappa shape index (κ3) is 2.88. The SMILES string of the molecule is CCCn1nc(-c2ccc(F)cc2)nc1-c1ccc(F)cc1. The maximum Gasteiger partial charge on any atom is 0.181 e. The Kier molecular flexibility index (Phi) is 3.96. The number of rotatable bonds is 4. The molecule has 0 atom stereocenters. The number of aromatic nitrogens is 3. The molecule has 2 aromatic carbocycles. The van der Waals surface area contributed by atoms with Gasteiger partial charge in [0.1, 0.15) is 11.6 Å². The van der Waals surface area contributed by atoms with Crippen LogP contribution in [0.3, 0.4) is 0 Å². The molecule has 0 aliphatic heterocycles. The maximum absolute atomic E-state index is 13.1. The van der Waals surface area contributed by atoms with Gasteiger partial charge in [-0.15, -0.1) is 0 Å². The summed E-state index contributed by atoms with van der Waals surface area (Å²) in [7, 11) is 0. The van der Waals surface area contributed by atoms with Crippen LogP contribution in [0.25, 0.3) is 22.8 Å². The highest BCUT2D eigenvalue weighted by Crippen LogP contribution is 2.23. The second kappa shape index (κ2) is 6.05. The summed E-state index contributed by atoms with van der Waals surface area (Å²) in [5, 5.41) is 4.49. The number of hydrogen-bond acceptors (Lipinski definition) is 2. The van der Waals surface area contributed by atoms with E-state index in [1.54, 1.807) is 28.9 Å². The fourth-order valence-corrected chi connectivity index (χ4v) is 2.24. The Bertz CT molecular complexity index is 762. The van der Waals surface area contributed by atoms with Crippen LogP contribution in [-0.2, 0) is 6.54 Å². The summed E-state index contributed by atoms with van der Waals surface area (Å²) in [6.45, 7) is 2.76. The van der Waals surface area contributed by atoms with Gasteiger partial charge >= 0.3 is 0 Å². The van der Waals surface area contributed by atoms with E-state index in [-0.39, 0.29) is 11.6 Å². The lowest BCUT2D eigenvalue weighted by Gasteiger charge is -2.03. The van der Waals surface area contributed by atoms with Crippen LogP contribution in [0.4, 0.5) is 8.78 Å². The number of nitrogens with zero attached hydrogens (tertiary/aromatic N) is 3. The minimum atomic E-state index is -0.296. The van der Waals surface area contributed by atoms with Crippen molar-refractivity contribution in [2.75, 3.05) is 0 Å². The van der Waals surface area contributed by atoms with Gasteiger partial charge in [-0.3, -0.25) is 0 Å². The first-order valence-electron chi connectivity index (χ1n) is 7.14. The molecule has 0 aliphatic carbocycles. The van der Waals surface area contributed by atoms with E-state index in [0.29, 0.717) is 18.2 Å². The van der Waals surface area contributed by atoms with Crippen molar-refractivity contribution < 1.29 is 8.78 Å². The fraction of sp³-hybridized carbons (Fsp3) is 0.176. The predicted molar refractivity (Wildman–Crippen MR) is 81.1 cm³/mol. The molecule has 1 aromatic heterocycles. The predicted octanol–water partition coefficient (Wildman–Crippen LogP) is 4.30. The van der Waals surface area contributed by atoms with Gasteiger partial charge < -0.3 is 0 Å². The van der Waals surface area contributed by atoms with Crippen LogP contribution in [0, 0.1) is 11.6 Å². The molecule has 0 aliphatic rings. The lowest BCUT2D eigenvalue weighted by atomic mass is 10.2. The molecule has 3 aromatic rings. The van der Waals surface area contributed by atoms with E-state index in [4.69, 9.17) is 0 Å². The van der Waals surface area contributed by atoms with Crippen LogP contribution < -0.4 is 0 Å². The highest BCUT2D eigenvalue weighted by molar-refractivity contribution is 5.61. The van der Waals surface area contributed by atoms with E-state index in [0.717, 1.165) is 17.5 Å². The Morgan fingerprint density at radius 1 is 0.864 bits per heavy atom. The zero-order chi connectivity index (χ0) is 15.5.